The normalized spacial score (nSPS) is 9.80. The molecule has 0 N–H and O–H groups in total. The number of hydrogen-bond acceptors (Lipinski definition) is 1. The van der Waals surface area contributed by atoms with E-state index in [-0.39, 0.29) is 0 Å². The highest BCUT2D eigenvalue weighted by Crippen LogP contribution is 1.95. The minimum absolute atomic E-state index is 0.711. The SMILES string of the molecule is C=C(C)COCCCCBr. The molecule has 0 saturated heterocycles. The average molecular weight is 207 g/mol. The Morgan fingerprint density at radius 2 is 2.20 bits per heavy atom. The van der Waals surface area contributed by atoms with E-state index in [2.05, 4.69) is 22.5 Å². The van der Waals surface area contributed by atoms with Gasteiger partial charge < -0.3 is 4.74 Å². The zero-order valence-corrected chi connectivity index (χ0v) is 8.11. The Morgan fingerprint density at radius 3 is 2.70 bits per heavy atom. The zero-order chi connectivity index (χ0) is 7.82. The van der Waals surface area contributed by atoms with Gasteiger partial charge in [0.2, 0.25) is 0 Å². The van der Waals surface area contributed by atoms with Crippen molar-refractivity contribution in [1.29, 1.82) is 0 Å². The third-order valence-corrected chi connectivity index (χ3v) is 1.58. The third kappa shape index (κ3) is 8.18. The minimum atomic E-state index is 0.711. The van der Waals surface area contributed by atoms with Crippen molar-refractivity contribution >= 4 is 15.9 Å². The van der Waals surface area contributed by atoms with E-state index in [0.717, 1.165) is 23.9 Å². The first-order valence-electron chi connectivity index (χ1n) is 3.55. The van der Waals surface area contributed by atoms with Gasteiger partial charge in [-0.05, 0) is 19.8 Å². The number of unbranched alkanes of at least 4 members (excludes halogenated alkanes) is 1. The van der Waals surface area contributed by atoms with E-state index < -0.39 is 0 Å². The second-order valence-corrected chi connectivity index (χ2v) is 3.20. The Morgan fingerprint density at radius 1 is 1.50 bits per heavy atom. The highest BCUT2D eigenvalue weighted by atomic mass is 79.9. The van der Waals surface area contributed by atoms with Crippen molar-refractivity contribution in [1.82, 2.24) is 0 Å². The smallest absolute Gasteiger partial charge is 0.0671 e. The summed E-state index contributed by atoms with van der Waals surface area (Å²) in [6.45, 7) is 7.29. The molecule has 0 unspecified atom stereocenters. The first kappa shape index (κ1) is 10.2. The van der Waals surface area contributed by atoms with Crippen LogP contribution in [-0.2, 0) is 4.74 Å². The molecule has 0 aromatic rings. The van der Waals surface area contributed by atoms with Crippen molar-refractivity contribution in [3.63, 3.8) is 0 Å². The molecule has 0 bridgehead atoms. The molecule has 60 valence electrons. The van der Waals surface area contributed by atoms with Crippen LogP contribution >= 0.6 is 15.9 Å². The molecule has 0 aromatic heterocycles. The van der Waals surface area contributed by atoms with E-state index in [1.165, 1.54) is 6.42 Å². The summed E-state index contributed by atoms with van der Waals surface area (Å²) in [7, 11) is 0. The molecule has 0 aliphatic rings. The lowest BCUT2D eigenvalue weighted by Crippen LogP contribution is -1.97. The Balaban J connectivity index is 2.84. The molecular formula is C8H15BrO. The van der Waals surface area contributed by atoms with Crippen LogP contribution < -0.4 is 0 Å². The number of ether oxygens (including phenoxy) is 1. The summed E-state index contributed by atoms with van der Waals surface area (Å²) in [6.07, 6.45) is 2.33. The van der Waals surface area contributed by atoms with Gasteiger partial charge in [0.15, 0.2) is 0 Å². The first-order valence-corrected chi connectivity index (χ1v) is 4.67. The largest absolute Gasteiger partial charge is 0.377 e. The standard InChI is InChI=1S/C8H15BrO/c1-8(2)7-10-6-4-3-5-9/h1,3-7H2,2H3. The summed E-state index contributed by atoms with van der Waals surface area (Å²) in [4.78, 5) is 0. The highest BCUT2D eigenvalue weighted by molar-refractivity contribution is 9.09. The van der Waals surface area contributed by atoms with E-state index in [1.807, 2.05) is 6.92 Å². The van der Waals surface area contributed by atoms with Crippen LogP contribution in [0.15, 0.2) is 12.2 Å². The van der Waals surface area contributed by atoms with E-state index in [1.54, 1.807) is 0 Å². The van der Waals surface area contributed by atoms with Crippen molar-refractivity contribution in [3.8, 4) is 0 Å². The summed E-state index contributed by atoms with van der Waals surface area (Å²) < 4.78 is 5.28. The van der Waals surface area contributed by atoms with Crippen LogP contribution in [0.3, 0.4) is 0 Å². The van der Waals surface area contributed by atoms with E-state index in [0.29, 0.717) is 6.61 Å². The number of alkyl halides is 1. The topological polar surface area (TPSA) is 9.23 Å². The monoisotopic (exact) mass is 206 g/mol. The minimum Gasteiger partial charge on any atom is -0.377 e. The van der Waals surface area contributed by atoms with Gasteiger partial charge in [-0.15, -0.1) is 0 Å². The van der Waals surface area contributed by atoms with Crippen LogP contribution in [0, 0.1) is 0 Å². The first-order chi connectivity index (χ1) is 4.77. The maximum Gasteiger partial charge on any atom is 0.0671 e. The molecule has 0 heterocycles. The molecule has 0 fully saturated rings. The fraction of sp³-hybridized carbons (Fsp3) is 0.750. The molecule has 0 radical (unpaired) electrons. The average Bonchev–Trinajstić information content (AvgIpc) is 1.87. The van der Waals surface area contributed by atoms with Crippen LogP contribution in [0.5, 0.6) is 0 Å². The Kier molecular flexibility index (Phi) is 7.42. The molecule has 0 spiro atoms. The van der Waals surface area contributed by atoms with Crippen LogP contribution in [0.1, 0.15) is 19.8 Å². The van der Waals surface area contributed by atoms with Crippen molar-refractivity contribution in [2.75, 3.05) is 18.5 Å². The molecule has 1 nitrogen and oxygen atoms in total. The van der Waals surface area contributed by atoms with Gasteiger partial charge in [-0.1, -0.05) is 28.1 Å². The maximum absolute atomic E-state index is 5.28. The van der Waals surface area contributed by atoms with Gasteiger partial charge >= 0.3 is 0 Å². The lowest BCUT2D eigenvalue weighted by molar-refractivity contribution is 0.153. The third-order valence-electron chi connectivity index (χ3n) is 1.02. The van der Waals surface area contributed by atoms with E-state index >= 15 is 0 Å². The number of hydrogen-bond donors (Lipinski definition) is 0. The molecular weight excluding hydrogens is 192 g/mol. The summed E-state index contributed by atoms with van der Waals surface area (Å²) in [5.74, 6) is 0. The zero-order valence-electron chi connectivity index (χ0n) is 6.53. The van der Waals surface area contributed by atoms with Crippen molar-refractivity contribution in [2.24, 2.45) is 0 Å². The fourth-order valence-electron chi connectivity index (χ4n) is 0.545. The lowest BCUT2D eigenvalue weighted by atomic mass is 10.3. The molecule has 0 atom stereocenters. The molecule has 0 rings (SSSR count). The van der Waals surface area contributed by atoms with Crippen LogP contribution in [0.2, 0.25) is 0 Å². The predicted octanol–water partition coefficient (Wildman–Crippen LogP) is 2.75. The van der Waals surface area contributed by atoms with Crippen molar-refractivity contribution < 1.29 is 4.74 Å². The maximum atomic E-state index is 5.28. The van der Waals surface area contributed by atoms with Gasteiger partial charge in [-0.25, -0.2) is 0 Å². The number of rotatable bonds is 6. The lowest BCUT2D eigenvalue weighted by Gasteiger charge is -2.01. The van der Waals surface area contributed by atoms with Gasteiger partial charge in [-0.3, -0.25) is 0 Å². The van der Waals surface area contributed by atoms with E-state index in [4.69, 9.17) is 4.74 Å². The molecule has 2 heteroatoms. The summed E-state index contributed by atoms with van der Waals surface area (Å²) in [6, 6.07) is 0. The van der Waals surface area contributed by atoms with E-state index in [9.17, 15) is 0 Å². The summed E-state index contributed by atoms with van der Waals surface area (Å²) >= 11 is 3.36. The van der Waals surface area contributed by atoms with Gasteiger partial charge in [0.05, 0.1) is 6.61 Å². The molecule has 10 heavy (non-hydrogen) atoms. The van der Waals surface area contributed by atoms with Crippen molar-refractivity contribution in [2.45, 2.75) is 19.8 Å². The molecule has 0 aromatic carbocycles. The molecule has 0 saturated carbocycles. The molecule has 0 aliphatic heterocycles. The number of halogens is 1. The summed E-state index contributed by atoms with van der Waals surface area (Å²) in [5.41, 5.74) is 1.10. The molecule has 0 amide bonds. The van der Waals surface area contributed by atoms with Gasteiger partial charge in [-0.2, -0.15) is 0 Å². The van der Waals surface area contributed by atoms with Crippen LogP contribution in [-0.4, -0.2) is 18.5 Å². The van der Waals surface area contributed by atoms with Crippen LogP contribution in [0.4, 0.5) is 0 Å². The second-order valence-electron chi connectivity index (χ2n) is 2.41. The fourth-order valence-corrected chi connectivity index (χ4v) is 0.942. The van der Waals surface area contributed by atoms with Gasteiger partial charge in [0, 0.05) is 11.9 Å². The van der Waals surface area contributed by atoms with Crippen molar-refractivity contribution in [3.05, 3.63) is 12.2 Å². The van der Waals surface area contributed by atoms with Gasteiger partial charge in [0.1, 0.15) is 0 Å². The Bertz CT molecular complexity index is 91.3. The Labute approximate surface area is 71.6 Å². The highest BCUT2D eigenvalue weighted by Gasteiger charge is 1.87. The summed E-state index contributed by atoms with van der Waals surface area (Å²) in [5, 5.41) is 1.07. The van der Waals surface area contributed by atoms with Crippen LogP contribution in [0.25, 0.3) is 0 Å². The van der Waals surface area contributed by atoms with Gasteiger partial charge in [0.25, 0.3) is 0 Å². The Hall–Kier alpha value is 0.180. The molecule has 0 aliphatic carbocycles. The second kappa shape index (κ2) is 7.29. The quantitative estimate of drug-likeness (QED) is 0.369. The predicted molar refractivity (Wildman–Crippen MR) is 48.7 cm³/mol.